The molecule has 9 nitrogen and oxygen atoms in total. The van der Waals surface area contributed by atoms with E-state index in [1.807, 2.05) is 13.8 Å². The third kappa shape index (κ3) is 5.78. The Balaban J connectivity index is 1.05. The lowest BCUT2D eigenvalue weighted by molar-refractivity contribution is -0.213. The van der Waals surface area contributed by atoms with Gasteiger partial charge in [-0.25, -0.2) is 4.79 Å². The molecule has 0 amide bonds. The Kier molecular flexibility index (Phi) is 8.28. The van der Waals surface area contributed by atoms with Gasteiger partial charge in [-0.1, -0.05) is 13.8 Å². The van der Waals surface area contributed by atoms with Crippen molar-refractivity contribution in [1.29, 1.82) is 0 Å². The predicted octanol–water partition coefficient (Wildman–Crippen LogP) is 5.53. The smallest absolute Gasteiger partial charge is 0.347 e. The molecule has 0 radical (unpaired) electrons. The Morgan fingerprint density at radius 1 is 0.935 bits per heavy atom. The van der Waals surface area contributed by atoms with Gasteiger partial charge in [0.05, 0.1) is 29.5 Å². The molecular formula is C37H54O9. The van der Waals surface area contributed by atoms with Crippen LogP contribution in [-0.4, -0.2) is 59.0 Å². The van der Waals surface area contributed by atoms with E-state index in [1.165, 1.54) is 6.42 Å². The fraction of sp³-hybridized carbons (Fsp3) is 0.892. The molecule has 8 bridgehead atoms. The molecule has 6 atom stereocenters. The molecule has 9 heteroatoms. The molecule has 46 heavy (non-hydrogen) atoms. The van der Waals surface area contributed by atoms with Crippen molar-refractivity contribution in [2.45, 2.75) is 141 Å². The minimum Gasteiger partial charge on any atom is -0.463 e. The van der Waals surface area contributed by atoms with Crippen LogP contribution in [0.15, 0.2) is 0 Å². The zero-order chi connectivity index (χ0) is 32.6. The summed E-state index contributed by atoms with van der Waals surface area (Å²) >= 11 is 0. The van der Waals surface area contributed by atoms with Crippen LogP contribution < -0.4 is 0 Å². The van der Waals surface area contributed by atoms with E-state index in [-0.39, 0.29) is 49.3 Å². The summed E-state index contributed by atoms with van der Waals surface area (Å²) in [7, 11) is 0. The molecular weight excluding hydrogens is 588 g/mol. The molecule has 1 N–H and O–H groups in total. The summed E-state index contributed by atoms with van der Waals surface area (Å²) in [6.45, 7) is 7.90. The molecule has 0 aromatic carbocycles. The summed E-state index contributed by atoms with van der Waals surface area (Å²) in [6.07, 6.45) is 9.85. The summed E-state index contributed by atoms with van der Waals surface area (Å²) in [5.41, 5.74) is -2.08. The normalized spacial score (nSPS) is 44.3. The quantitative estimate of drug-likeness (QED) is 0.229. The van der Waals surface area contributed by atoms with Gasteiger partial charge in [-0.15, -0.1) is 0 Å². The second-order valence-corrected chi connectivity index (χ2v) is 17.3. The van der Waals surface area contributed by atoms with Crippen molar-refractivity contribution in [2.75, 3.05) is 6.61 Å². The zero-order valence-corrected chi connectivity index (χ0v) is 28.2. The van der Waals surface area contributed by atoms with Crippen LogP contribution in [0.5, 0.6) is 0 Å². The second-order valence-electron chi connectivity index (χ2n) is 17.3. The minimum absolute atomic E-state index is 0.142. The van der Waals surface area contributed by atoms with Gasteiger partial charge in [-0.2, -0.15) is 0 Å². The van der Waals surface area contributed by atoms with E-state index in [0.717, 1.165) is 56.8 Å². The van der Waals surface area contributed by atoms with Gasteiger partial charge < -0.3 is 24.1 Å². The molecule has 9 rings (SSSR count). The predicted molar refractivity (Wildman–Crippen MR) is 166 cm³/mol. The third-order valence-corrected chi connectivity index (χ3v) is 14.0. The first-order chi connectivity index (χ1) is 21.8. The number of carbonyl (C=O) groups is 4. The lowest BCUT2D eigenvalue weighted by atomic mass is 9.50. The highest BCUT2D eigenvalue weighted by molar-refractivity contribution is 5.83. The first kappa shape index (κ1) is 32.4. The molecule has 9 fully saturated rings. The lowest BCUT2D eigenvalue weighted by Crippen LogP contribution is -2.59. The van der Waals surface area contributed by atoms with Crippen molar-refractivity contribution in [2.24, 2.45) is 58.7 Å². The first-order valence-electron chi connectivity index (χ1n) is 18.3. The highest BCUT2D eigenvalue weighted by Gasteiger charge is 2.59. The molecule has 0 spiro atoms. The van der Waals surface area contributed by atoms with Crippen LogP contribution in [0.4, 0.5) is 0 Å². The maximum absolute atomic E-state index is 14.1. The van der Waals surface area contributed by atoms with Gasteiger partial charge in [0.15, 0.2) is 0 Å². The Hall–Kier alpha value is -2.16. The van der Waals surface area contributed by atoms with Crippen LogP contribution in [0, 0.1) is 58.7 Å². The first-order valence-corrected chi connectivity index (χ1v) is 18.3. The summed E-state index contributed by atoms with van der Waals surface area (Å²) in [6, 6.07) is 0. The highest BCUT2D eigenvalue weighted by Crippen LogP contribution is 2.60. The van der Waals surface area contributed by atoms with Crippen molar-refractivity contribution < 1.29 is 43.2 Å². The van der Waals surface area contributed by atoms with Crippen molar-refractivity contribution in [3.05, 3.63) is 0 Å². The van der Waals surface area contributed by atoms with Crippen LogP contribution in [0.3, 0.4) is 0 Å². The maximum atomic E-state index is 14.1. The number of aliphatic hydroxyl groups is 1. The number of rotatable bonds is 11. The Morgan fingerprint density at radius 2 is 1.57 bits per heavy atom. The maximum Gasteiger partial charge on any atom is 0.347 e. The van der Waals surface area contributed by atoms with Crippen LogP contribution in [0.2, 0.25) is 0 Å². The van der Waals surface area contributed by atoms with Gasteiger partial charge in [0.25, 0.3) is 0 Å². The van der Waals surface area contributed by atoms with E-state index < -0.39 is 46.5 Å². The Labute approximate surface area is 273 Å². The van der Waals surface area contributed by atoms with Crippen molar-refractivity contribution in [3.8, 4) is 0 Å². The average Bonchev–Trinajstić information content (AvgIpc) is 3.39. The zero-order valence-electron chi connectivity index (χ0n) is 28.2. The number of carbonyl (C=O) groups excluding carboxylic acids is 4. The third-order valence-electron chi connectivity index (χ3n) is 14.0. The molecule has 8 saturated carbocycles. The van der Waals surface area contributed by atoms with E-state index in [1.54, 1.807) is 6.92 Å². The fourth-order valence-corrected chi connectivity index (χ4v) is 11.5. The van der Waals surface area contributed by atoms with Crippen LogP contribution >= 0.6 is 0 Å². The van der Waals surface area contributed by atoms with E-state index in [4.69, 9.17) is 18.9 Å². The number of hydrogen-bond acceptors (Lipinski definition) is 9. The van der Waals surface area contributed by atoms with E-state index in [0.29, 0.717) is 43.4 Å². The molecule has 0 aromatic rings. The van der Waals surface area contributed by atoms with Gasteiger partial charge in [-0.05, 0) is 139 Å². The van der Waals surface area contributed by atoms with Crippen molar-refractivity contribution >= 4 is 23.9 Å². The fourth-order valence-electron chi connectivity index (χ4n) is 11.5. The topological polar surface area (TPSA) is 125 Å². The number of hydrogen-bond donors (Lipinski definition) is 1. The van der Waals surface area contributed by atoms with Crippen LogP contribution in [-0.2, 0) is 38.1 Å². The molecule has 1 saturated heterocycles. The van der Waals surface area contributed by atoms with Gasteiger partial charge in [-0.3, -0.25) is 14.4 Å². The van der Waals surface area contributed by atoms with Crippen LogP contribution in [0.25, 0.3) is 0 Å². The molecule has 8 aliphatic carbocycles. The minimum atomic E-state index is -0.974. The average molecular weight is 643 g/mol. The van der Waals surface area contributed by atoms with Gasteiger partial charge in [0.2, 0.25) is 6.10 Å². The second kappa shape index (κ2) is 11.8. The van der Waals surface area contributed by atoms with Crippen LogP contribution in [0.1, 0.15) is 118 Å². The van der Waals surface area contributed by atoms with Gasteiger partial charge >= 0.3 is 23.9 Å². The molecule has 9 aliphatic rings. The van der Waals surface area contributed by atoms with Crippen molar-refractivity contribution in [1.82, 2.24) is 0 Å². The monoisotopic (exact) mass is 642 g/mol. The largest absolute Gasteiger partial charge is 0.463 e. The summed E-state index contributed by atoms with van der Waals surface area (Å²) in [5, 5.41) is 11.0. The van der Waals surface area contributed by atoms with Gasteiger partial charge in [0, 0.05) is 6.42 Å². The molecule has 0 aromatic heterocycles. The number of cyclic esters (lactones) is 1. The lowest BCUT2D eigenvalue weighted by Gasteiger charge is -2.59. The number of ether oxygens (including phenoxy) is 4. The van der Waals surface area contributed by atoms with E-state index in [9.17, 15) is 24.3 Å². The highest BCUT2D eigenvalue weighted by atomic mass is 16.6. The van der Waals surface area contributed by atoms with Crippen molar-refractivity contribution in [3.63, 3.8) is 0 Å². The molecule has 1 heterocycles. The summed E-state index contributed by atoms with van der Waals surface area (Å²) in [5.74, 6) is -0.116. The SMILES string of the molecule is CCC(C)(CC(CC(C)C(=O)OC1C2CC3CC1CC(O)(C3)C2)C(=O)OC1CCOC1=O)C(=O)OC1(C)C2CC3CC(C2)CC1C3. The number of esters is 4. The molecule has 6 unspecified atom stereocenters. The Morgan fingerprint density at radius 3 is 2.11 bits per heavy atom. The Bertz CT molecular complexity index is 1200. The standard InChI is InChI=1S/C37H54O9/c1-5-35(3,34(41)46-36(4)27-12-21-9-22(14-27)15-28(36)13-21)17-26(32(39)44-29-6-7-43-33(29)40)8-20(2)31(38)45-30-24-10-23-11-25(30)19-37(42,16-23)18-24/h20-30,42H,5-19H2,1-4H3. The van der Waals surface area contributed by atoms with Gasteiger partial charge in [0.1, 0.15) is 11.7 Å². The van der Waals surface area contributed by atoms with E-state index in [2.05, 4.69) is 6.92 Å². The summed E-state index contributed by atoms with van der Waals surface area (Å²) < 4.78 is 23.4. The molecule has 1 aliphatic heterocycles. The summed E-state index contributed by atoms with van der Waals surface area (Å²) in [4.78, 5) is 53.6. The molecule has 256 valence electrons. The van der Waals surface area contributed by atoms with E-state index >= 15 is 0 Å².